The first-order chi connectivity index (χ1) is 8.83. The minimum atomic E-state index is -0.200. The van der Waals surface area contributed by atoms with Crippen LogP contribution in [0.4, 0.5) is 5.69 Å². The van der Waals surface area contributed by atoms with Gasteiger partial charge in [-0.05, 0) is 37.1 Å². The van der Waals surface area contributed by atoms with Crippen molar-refractivity contribution in [3.63, 3.8) is 0 Å². The van der Waals surface area contributed by atoms with Crippen LogP contribution in [0.5, 0.6) is 0 Å². The molecule has 1 N–H and O–H groups in total. The van der Waals surface area contributed by atoms with Gasteiger partial charge in [0.1, 0.15) is 12.7 Å². The normalized spacial score (nSPS) is 20.1. The van der Waals surface area contributed by atoms with Crippen LogP contribution in [0.3, 0.4) is 0 Å². The first-order valence-corrected chi connectivity index (χ1v) is 6.21. The molecule has 2 aromatic rings. The average Bonchev–Trinajstić information content (AvgIpc) is 2.93. The van der Waals surface area contributed by atoms with Crippen molar-refractivity contribution in [3.8, 4) is 5.69 Å². The Balaban J connectivity index is 1.78. The fraction of sp³-hybridized carbons (Fsp3) is 0.385. The van der Waals surface area contributed by atoms with E-state index in [1.54, 1.807) is 11.0 Å². The molecule has 2 heterocycles. The second-order valence-corrected chi connectivity index (χ2v) is 4.60. The summed E-state index contributed by atoms with van der Waals surface area (Å²) in [6.07, 6.45) is 4.96. The zero-order valence-electron chi connectivity index (χ0n) is 10.1. The van der Waals surface area contributed by atoms with Crippen molar-refractivity contribution in [3.05, 3.63) is 36.9 Å². The number of hydrogen-bond acceptors (Lipinski definition) is 4. The molecule has 1 atom stereocenters. The van der Waals surface area contributed by atoms with E-state index in [-0.39, 0.29) is 6.10 Å². The van der Waals surface area contributed by atoms with Gasteiger partial charge in [0.15, 0.2) is 0 Å². The number of piperidine rings is 1. The van der Waals surface area contributed by atoms with E-state index in [1.807, 2.05) is 12.1 Å². The Bertz CT molecular complexity index is 494. The number of nitrogens with zero attached hydrogens (tertiary/aromatic N) is 4. The molecule has 1 aromatic heterocycles. The highest BCUT2D eigenvalue weighted by molar-refractivity contribution is 5.51. The molecule has 18 heavy (non-hydrogen) atoms. The Kier molecular flexibility index (Phi) is 2.98. The Morgan fingerprint density at radius 3 is 2.61 bits per heavy atom. The topological polar surface area (TPSA) is 54.2 Å². The van der Waals surface area contributed by atoms with Crippen molar-refractivity contribution in [2.45, 2.75) is 18.9 Å². The molecule has 1 aromatic carbocycles. The van der Waals surface area contributed by atoms with Gasteiger partial charge in [-0.15, -0.1) is 0 Å². The molecule has 0 amide bonds. The molecule has 5 heteroatoms. The lowest BCUT2D eigenvalue weighted by Gasteiger charge is -2.32. The summed E-state index contributed by atoms with van der Waals surface area (Å²) in [6.45, 7) is 1.74. The summed E-state index contributed by atoms with van der Waals surface area (Å²) in [5, 5.41) is 13.8. The summed E-state index contributed by atoms with van der Waals surface area (Å²) in [4.78, 5) is 6.15. The van der Waals surface area contributed by atoms with Crippen LogP contribution < -0.4 is 4.90 Å². The number of anilines is 1. The zero-order valence-corrected chi connectivity index (χ0v) is 10.1. The molecule has 1 aliphatic rings. The van der Waals surface area contributed by atoms with Gasteiger partial charge in [-0.1, -0.05) is 0 Å². The van der Waals surface area contributed by atoms with E-state index in [2.05, 4.69) is 27.1 Å². The summed E-state index contributed by atoms with van der Waals surface area (Å²) in [6, 6.07) is 8.17. The Labute approximate surface area is 106 Å². The van der Waals surface area contributed by atoms with Crippen molar-refractivity contribution in [2.24, 2.45) is 0 Å². The van der Waals surface area contributed by atoms with Crippen molar-refractivity contribution >= 4 is 5.69 Å². The van der Waals surface area contributed by atoms with Crippen molar-refractivity contribution in [1.82, 2.24) is 14.8 Å². The maximum atomic E-state index is 9.68. The summed E-state index contributed by atoms with van der Waals surface area (Å²) >= 11 is 0. The fourth-order valence-electron chi connectivity index (χ4n) is 2.35. The molecular formula is C13H16N4O. The molecule has 0 radical (unpaired) electrons. The number of hydrogen-bond donors (Lipinski definition) is 1. The SMILES string of the molecule is OC1CCCN(c2ccc(-n3cncn3)cc2)C1. The predicted octanol–water partition coefficient (Wildman–Crippen LogP) is 1.23. The van der Waals surface area contributed by atoms with E-state index in [0.717, 1.165) is 37.3 Å². The van der Waals surface area contributed by atoms with Gasteiger partial charge in [0.25, 0.3) is 0 Å². The van der Waals surface area contributed by atoms with Gasteiger partial charge in [0.05, 0.1) is 11.8 Å². The van der Waals surface area contributed by atoms with Crippen LogP contribution in [-0.2, 0) is 0 Å². The number of β-amino-alcohol motifs (C(OH)–C–C–N with tert-alkyl or cyclic N) is 1. The molecule has 1 fully saturated rings. The van der Waals surface area contributed by atoms with E-state index in [9.17, 15) is 5.11 Å². The lowest BCUT2D eigenvalue weighted by atomic mass is 10.1. The monoisotopic (exact) mass is 244 g/mol. The third-order valence-electron chi connectivity index (χ3n) is 3.29. The van der Waals surface area contributed by atoms with Crippen LogP contribution in [0.2, 0.25) is 0 Å². The van der Waals surface area contributed by atoms with Gasteiger partial charge in [-0.2, -0.15) is 5.10 Å². The van der Waals surface area contributed by atoms with Gasteiger partial charge in [-0.25, -0.2) is 9.67 Å². The van der Waals surface area contributed by atoms with E-state index in [4.69, 9.17) is 0 Å². The lowest BCUT2D eigenvalue weighted by molar-refractivity contribution is 0.154. The molecule has 0 spiro atoms. The maximum absolute atomic E-state index is 9.68. The third kappa shape index (κ3) is 2.22. The van der Waals surface area contributed by atoms with Gasteiger partial charge in [-0.3, -0.25) is 0 Å². The first-order valence-electron chi connectivity index (χ1n) is 6.21. The highest BCUT2D eigenvalue weighted by atomic mass is 16.3. The second-order valence-electron chi connectivity index (χ2n) is 4.60. The van der Waals surface area contributed by atoms with E-state index >= 15 is 0 Å². The molecule has 94 valence electrons. The van der Waals surface area contributed by atoms with Crippen molar-refractivity contribution < 1.29 is 5.11 Å². The van der Waals surface area contributed by atoms with Crippen molar-refractivity contribution in [2.75, 3.05) is 18.0 Å². The fourth-order valence-corrected chi connectivity index (χ4v) is 2.35. The molecule has 0 saturated carbocycles. The molecule has 1 unspecified atom stereocenters. The molecular weight excluding hydrogens is 228 g/mol. The number of aromatic nitrogens is 3. The number of benzene rings is 1. The van der Waals surface area contributed by atoms with E-state index < -0.39 is 0 Å². The van der Waals surface area contributed by atoms with Crippen molar-refractivity contribution in [1.29, 1.82) is 0 Å². The molecule has 3 rings (SSSR count). The first kappa shape index (κ1) is 11.2. The average molecular weight is 244 g/mol. The number of aliphatic hydroxyl groups is 1. The predicted molar refractivity (Wildman–Crippen MR) is 68.8 cm³/mol. The van der Waals surface area contributed by atoms with Gasteiger partial charge >= 0.3 is 0 Å². The maximum Gasteiger partial charge on any atom is 0.138 e. The van der Waals surface area contributed by atoms with Gasteiger partial charge < -0.3 is 10.0 Å². The Hall–Kier alpha value is -1.88. The molecule has 0 aliphatic carbocycles. The largest absolute Gasteiger partial charge is 0.391 e. The van der Waals surface area contributed by atoms with Crippen LogP contribution >= 0.6 is 0 Å². The van der Waals surface area contributed by atoms with Crippen LogP contribution in [0, 0.1) is 0 Å². The Morgan fingerprint density at radius 2 is 1.94 bits per heavy atom. The van der Waals surface area contributed by atoms with Gasteiger partial charge in [0, 0.05) is 18.8 Å². The van der Waals surface area contributed by atoms with Crippen LogP contribution in [0.1, 0.15) is 12.8 Å². The molecule has 1 saturated heterocycles. The van der Waals surface area contributed by atoms with E-state index in [0.29, 0.717) is 0 Å². The van der Waals surface area contributed by atoms with Crippen LogP contribution in [0.15, 0.2) is 36.9 Å². The molecule has 1 aliphatic heterocycles. The highest BCUT2D eigenvalue weighted by Gasteiger charge is 2.17. The van der Waals surface area contributed by atoms with Crippen LogP contribution in [0.25, 0.3) is 5.69 Å². The van der Waals surface area contributed by atoms with Crippen LogP contribution in [-0.4, -0.2) is 39.1 Å². The summed E-state index contributed by atoms with van der Waals surface area (Å²) in [5.41, 5.74) is 2.14. The second kappa shape index (κ2) is 4.78. The summed E-state index contributed by atoms with van der Waals surface area (Å²) in [5.74, 6) is 0. The number of aliphatic hydroxyl groups excluding tert-OH is 1. The molecule has 0 bridgehead atoms. The summed E-state index contributed by atoms with van der Waals surface area (Å²) in [7, 11) is 0. The zero-order chi connectivity index (χ0) is 12.4. The number of rotatable bonds is 2. The standard InChI is InChI=1S/C13H16N4O/c18-13-2-1-7-16(8-13)11-3-5-12(6-4-11)17-10-14-9-15-17/h3-6,9-10,13,18H,1-2,7-8H2. The minimum Gasteiger partial charge on any atom is -0.391 e. The highest BCUT2D eigenvalue weighted by Crippen LogP contribution is 2.21. The summed E-state index contributed by atoms with van der Waals surface area (Å²) < 4.78 is 1.73. The van der Waals surface area contributed by atoms with Gasteiger partial charge in [0.2, 0.25) is 0 Å². The van der Waals surface area contributed by atoms with E-state index in [1.165, 1.54) is 6.33 Å². The minimum absolute atomic E-state index is 0.200. The third-order valence-corrected chi connectivity index (χ3v) is 3.29. The lowest BCUT2D eigenvalue weighted by Crippen LogP contribution is -2.38. The Morgan fingerprint density at radius 1 is 1.17 bits per heavy atom. The smallest absolute Gasteiger partial charge is 0.138 e. The quantitative estimate of drug-likeness (QED) is 0.863. The molecule has 5 nitrogen and oxygen atoms in total.